The van der Waals surface area contributed by atoms with Crippen molar-refractivity contribution < 1.29 is 14.3 Å². The lowest BCUT2D eigenvalue weighted by atomic mass is 9.95. The van der Waals surface area contributed by atoms with E-state index < -0.39 is 5.63 Å². The van der Waals surface area contributed by atoms with Gasteiger partial charge in [-0.25, -0.2) is 4.79 Å². The molecule has 0 radical (unpaired) electrons. The molecule has 0 saturated heterocycles. The predicted octanol–water partition coefficient (Wildman–Crippen LogP) is 4.73. The van der Waals surface area contributed by atoms with Crippen molar-refractivity contribution in [2.45, 2.75) is 19.4 Å². The zero-order valence-electron chi connectivity index (χ0n) is 18.1. The number of anilines is 1. The number of nitrogens with one attached hydrogen (secondary N) is 2. The molecule has 3 N–H and O–H groups in total. The number of nitrogens with zero attached hydrogens (tertiary/aromatic N) is 2. The van der Waals surface area contributed by atoms with Gasteiger partial charge >= 0.3 is 5.63 Å². The fourth-order valence-electron chi connectivity index (χ4n) is 4.07. The first-order chi connectivity index (χ1) is 16.0. The Balaban J connectivity index is 1.62. The van der Waals surface area contributed by atoms with Gasteiger partial charge < -0.3 is 19.6 Å². The Kier molecular flexibility index (Phi) is 5.18. The topological polar surface area (TPSA) is 113 Å². The second-order valence-corrected chi connectivity index (χ2v) is 7.81. The van der Waals surface area contributed by atoms with Crippen LogP contribution in [0.4, 0.5) is 11.4 Å². The molecule has 1 aliphatic heterocycles. The van der Waals surface area contributed by atoms with Crippen molar-refractivity contribution in [1.82, 2.24) is 10.2 Å². The maximum absolute atomic E-state index is 12.7. The van der Waals surface area contributed by atoms with Crippen LogP contribution in [0.25, 0.3) is 11.3 Å². The van der Waals surface area contributed by atoms with Crippen molar-refractivity contribution in [3.8, 4) is 22.8 Å². The number of aryl methyl sites for hydroxylation is 1. The largest absolute Gasteiger partial charge is 0.507 e. The quantitative estimate of drug-likeness (QED) is 0.421. The Labute approximate surface area is 189 Å². The molecule has 1 atom stereocenters. The molecule has 33 heavy (non-hydrogen) atoms. The van der Waals surface area contributed by atoms with E-state index >= 15 is 0 Å². The lowest BCUT2D eigenvalue weighted by Gasteiger charge is -2.19. The van der Waals surface area contributed by atoms with Gasteiger partial charge in [0.1, 0.15) is 22.8 Å². The van der Waals surface area contributed by atoms with Gasteiger partial charge in [0.15, 0.2) is 0 Å². The fraction of sp³-hybridized carbons (Fsp3) is 0.160. The number of aromatic nitrogens is 2. The van der Waals surface area contributed by atoms with Crippen LogP contribution < -0.4 is 15.7 Å². The molecule has 166 valence electrons. The van der Waals surface area contributed by atoms with E-state index in [9.17, 15) is 9.90 Å². The van der Waals surface area contributed by atoms with Crippen LogP contribution in [-0.4, -0.2) is 28.1 Å². The third-order valence-electron chi connectivity index (χ3n) is 5.65. The highest BCUT2D eigenvalue weighted by atomic mass is 16.5. The van der Waals surface area contributed by atoms with Crippen LogP contribution in [0.15, 0.2) is 75.0 Å². The number of hydrogen-bond acceptors (Lipinski definition) is 7. The number of aromatic hydroxyl groups is 1. The van der Waals surface area contributed by atoms with Crippen LogP contribution in [0.3, 0.4) is 0 Å². The maximum Gasteiger partial charge on any atom is 0.348 e. The summed E-state index contributed by atoms with van der Waals surface area (Å²) in [4.78, 5) is 17.4. The Morgan fingerprint density at radius 1 is 1.15 bits per heavy atom. The molecule has 2 aromatic carbocycles. The van der Waals surface area contributed by atoms with E-state index in [1.54, 1.807) is 20.2 Å². The molecule has 0 unspecified atom stereocenters. The van der Waals surface area contributed by atoms with Crippen LogP contribution in [0, 0.1) is 6.92 Å². The number of para-hydroxylation sites is 2. The van der Waals surface area contributed by atoms with Crippen molar-refractivity contribution in [2.24, 2.45) is 4.99 Å². The highest BCUT2D eigenvalue weighted by Crippen LogP contribution is 2.38. The van der Waals surface area contributed by atoms with Crippen LogP contribution in [0.5, 0.6) is 11.5 Å². The van der Waals surface area contributed by atoms with Crippen LogP contribution >= 0.6 is 0 Å². The Hall–Kier alpha value is -4.33. The monoisotopic (exact) mass is 442 g/mol. The number of ether oxygens (including phenoxy) is 1. The number of hydrogen-bond donors (Lipinski definition) is 3. The molecular formula is C25H22N4O4. The highest BCUT2D eigenvalue weighted by Gasteiger charge is 2.27. The van der Waals surface area contributed by atoms with Gasteiger partial charge in [-0.1, -0.05) is 12.1 Å². The van der Waals surface area contributed by atoms with E-state index in [4.69, 9.17) is 14.1 Å². The van der Waals surface area contributed by atoms with Crippen LogP contribution in [-0.2, 0) is 0 Å². The third kappa shape index (κ3) is 3.87. The Morgan fingerprint density at radius 2 is 1.94 bits per heavy atom. The minimum Gasteiger partial charge on any atom is -0.507 e. The van der Waals surface area contributed by atoms with Crippen molar-refractivity contribution in [2.75, 3.05) is 12.4 Å². The standard InChI is InChI=1S/C25H22N4O4/c1-14-11-22(30)23(25(31)33-14)21-12-20(27-18-5-3-4-6-19(18)28-21)17-13-26-29-24(17)15-7-9-16(32-2)10-8-15/h3-11,13,20,27,30H,12H2,1-2H3,(H,26,29)/t20-/m1/s1. The summed E-state index contributed by atoms with van der Waals surface area (Å²) in [5.74, 6) is 0.947. The second kappa shape index (κ2) is 8.31. The smallest absolute Gasteiger partial charge is 0.348 e. The normalized spacial score (nSPS) is 15.2. The van der Waals surface area contributed by atoms with Crippen molar-refractivity contribution in [3.63, 3.8) is 0 Å². The molecule has 0 bridgehead atoms. The Bertz CT molecular complexity index is 1400. The van der Waals surface area contributed by atoms with Gasteiger partial charge in [0.25, 0.3) is 0 Å². The number of methoxy groups -OCH3 is 1. The lowest BCUT2D eigenvalue weighted by molar-refractivity contribution is 0.415. The average molecular weight is 442 g/mol. The highest BCUT2D eigenvalue weighted by molar-refractivity contribution is 6.05. The van der Waals surface area contributed by atoms with Crippen molar-refractivity contribution >= 4 is 17.1 Å². The molecular weight excluding hydrogens is 420 g/mol. The minimum absolute atomic E-state index is 0.0681. The first-order valence-electron chi connectivity index (χ1n) is 10.5. The first kappa shape index (κ1) is 20.6. The van der Waals surface area contributed by atoms with Gasteiger partial charge in [-0.2, -0.15) is 5.10 Å². The summed E-state index contributed by atoms with van der Waals surface area (Å²) < 4.78 is 10.5. The molecule has 0 spiro atoms. The summed E-state index contributed by atoms with van der Waals surface area (Å²) >= 11 is 0. The number of fused-ring (bicyclic) bond motifs is 1. The van der Waals surface area contributed by atoms with E-state index in [1.807, 2.05) is 48.5 Å². The summed E-state index contributed by atoms with van der Waals surface area (Å²) in [7, 11) is 1.63. The van der Waals surface area contributed by atoms with Crippen LogP contribution in [0.1, 0.15) is 29.3 Å². The third-order valence-corrected chi connectivity index (χ3v) is 5.65. The SMILES string of the molecule is COc1ccc(-c2[nH]ncc2[C@H]2CC(c3c(O)cc(C)oc3=O)=Nc3ccccc3N2)cc1. The molecule has 0 saturated carbocycles. The van der Waals surface area contributed by atoms with Gasteiger partial charge in [0, 0.05) is 23.6 Å². The molecule has 2 aromatic heterocycles. The maximum atomic E-state index is 12.7. The average Bonchev–Trinajstić information content (AvgIpc) is 3.21. The fourth-order valence-corrected chi connectivity index (χ4v) is 4.07. The molecule has 0 fully saturated rings. The van der Waals surface area contributed by atoms with E-state index in [-0.39, 0.29) is 17.4 Å². The summed E-state index contributed by atoms with van der Waals surface area (Å²) in [6, 6.07) is 16.4. The second-order valence-electron chi connectivity index (χ2n) is 7.81. The van der Waals surface area contributed by atoms with Gasteiger partial charge in [0.05, 0.1) is 42.1 Å². The summed E-state index contributed by atoms with van der Waals surface area (Å²) in [6.45, 7) is 1.62. The number of benzene rings is 2. The molecule has 3 heterocycles. The van der Waals surface area contributed by atoms with Gasteiger partial charge in [-0.15, -0.1) is 0 Å². The van der Waals surface area contributed by atoms with E-state index in [1.165, 1.54) is 6.07 Å². The number of aliphatic imine (C=N–C) groups is 1. The zero-order valence-corrected chi connectivity index (χ0v) is 18.1. The van der Waals surface area contributed by atoms with Crippen LogP contribution in [0.2, 0.25) is 0 Å². The summed E-state index contributed by atoms with van der Waals surface area (Å²) in [6.07, 6.45) is 2.10. The molecule has 1 aliphatic rings. The van der Waals surface area contributed by atoms with Crippen molar-refractivity contribution in [1.29, 1.82) is 0 Å². The number of rotatable bonds is 4. The molecule has 8 heteroatoms. The molecule has 0 aliphatic carbocycles. The lowest BCUT2D eigenvalue weighted by Crippen LogP contribution is -2.20. The van der Waals surface area contributed by atoms with E-state index in [2.05, 4.69) is 15.5 Å². The minimum atomic E-state index is -0.619. The first-order valence-corrected chi connectivity index (χ1v) is 10.5. The number of H-pyrrole nitrogens is 1. The Morgan fingerprint density at radius 3 is 2.70 bits per heavy atom. The van der Waals surface area contributed by atoms with Gasteiger partial charge in [-0.3, -0.25) is 10.1 Å². The van der Waals surface area contributed by atoms with E-state index in [0.29, 0.717) is 23.6 Å². The molecule has 0 amide bonds. The van der Waals surface area contributed by atoms with E-state index in [0.717, 1.165) is 28.3 Å². The molecule has 5 rings (SSSR count). The van der Waals surface area contributed by atoms with Gasteiger partial charge in [0.2, 0.25) is 0 Å². The predicted molar refractivity (Wildman–Crippen MR) is 126 cm³/mol. The summed E-state index contributed by atoms with van der Waals surface area (Å²) in [5, 5.41) is 21.5. The van der Waals surface area contributed by atoms with Gasteiger partial charge in [-0.05, 0) is 43.3 Å². The zero-order chi connectivity index (χ0) is 22.9. The molecule has 4 aromatic rings. The van der Waals surface area contributed by atoms with Crippen molar-refractivity contribution in [3.05, 3.63) is 88.1 Å². The number of aromatic amines is 1. The summed E-state index contributed by atoms with van der Waals surface area (Å²) in [5.41, 5.74) is 4.06. The molecule has 8 nitrogen and oxygen atoms in total.